The van der Waals surface area contributed by atoms with E-state index in [1.165, 1.54) is 12.8 Å². The number of piperidine rings is 1. The summed E-state index contributed by atoms with van der Waals surface area (Å²) in [7, 11) is 0. The van der Waals surface area contributed by atoms with Crippen LogP contribution in [0.2, 0.25) is 0 Å². The van der Waals surface area contributed by atoms with Crippen molar-refractivity contribution < 1.29 is 4.79 Å². The van der Waals surface area contributed by atoms with Crippen molar-refractivity contribution in [3.8, 4) is 0 Å². The largest absolute Gasteiger partial charge is 0.348 e. The number of aldehydes is 1. The van der Waals surface area contributed by atoms with Gasteiger partial charge in [-0.05, 0) is 25.0 Å². The molecule has 18 heavy (non-hydrogen) atoms. The number of aromatic nitrogens is 1. The number of rotatable bonds is 4. The third-order valence-corrected chi connectivity index (χ3v) is 5.56. The molecule has 0 radical (unpaired) electrons. The lowest BCUT2D eigenvalue weighted by molar-refractivity contribution is 0.112. The predicted molar refractivity (Wildman–Crippen MR) is 80.3 cm³/mol. The fourth-order valence-electron chi connectivity index (χ4n) is 2.25. The Morgan fingerprint density at radius 1 is 1.44 bits per heavy atom. The van der Waals surface area contributed by atoms with Crippen LogP contribution in [0.1, 0.15) is 48.0 Å². The monoisotopic (exact) mass is 284 g/mol. The maximum absolute atomic E-state index is 11.1. The Bertz CT molecular complexity index is 409. The number of carbonyl (C=O) groups is 1. The van der Waals surface area contributed by atoms with E-state index in [1.54, 1.807) is 11.3 Å². The molecule has 1 aliphatic rings. The first-order valence-corrected chi connectivity index (χ1v) is 8.49. The van der Waals surface area contributed by atoms with Crippen molar-refractivity contribution in [2.24, 2.45) is 0 Å². The second-order valence-corrected chi connectivity index (χ2v) is 7.09. The highest BCUT2D eigenvalue weighted by atomic mass is 32.2. The van der Waals surface area contributed by atoms with Crippen molar-refractivity contribution in [2.45, 2.75) is 37.9 Å². The molecule has 0 N–H and O–H groups in total. The van der Waals surface area contributed by atoms with Crippen LogP contribution >= 0.6 is 23.1 Å². The average molecular weight is 284 g/mol. The molecule has 0 spiro atoms. The lowest BCUT2D eigenvalue weighted by Crippen LogP contribution is -2.34. The number of nitrogens with zero attached hydrogens (tertiary/aromatic N) is 2. The van der Waals surface area contributed by atoms with Crippen LogP contribution in [0.3, 0.4) is 0 Å². The molecule has 1 saturated heterocycles. The van der Waals surface area contributed by atoms with Gasteiger partial charge in [0.1, 0.15) is 0 Å². The fraction of sp³-hybridized carbons (Fsp3) is 0.692. The minimum atomic E-state index is 0.318. The Hall–Kier alpha value is -0.550. The highest BCUT2D eigenvalue weighted by Crippen LogP contribution is 2.32. The summed E-state index contributed by atoms with van der Waals surface area (Å²) in [5, 5.41) is 1.82. The molecule has 1 fully saturated rings. The minimum absolute atomic E-state index is 0.318. The van der Waals surface area contributed by atoms with Crippen LogP contribution in [0, 0.1) is 0 Å². The van der Waals surface area contributed by atoms with Crippen molar-refractivity contribution in [3.63, 3.8) is 0 Å². The van der Waals surface area contributed by atoms with Crippen molar-refractivity contribution in [1.82, 2.24) is 4.98 Å². The van der Waals surface area contributed by atoms with E-state index in [2.05, 4.69) is 30.0 Å². The molecule has 3 nitrogen and oxygen atoms in total. The first-order chi connectivity index (χ1) is 8.65. The molecule has 0 atom stereocenters. The standard InChI is InChI=1S/C13H20N2OS2/c1-9(2)12-11(8-16)18-13(14-12)15-6-4-10(17-3)5-7-15/h8-10H,4-7H2,1-3H3. The average Bonchev–Trinajstić information content (AvgIpc) is 2.83. The molecule has 0 amide bonds. The highest BCUT2D eigenvalue weighted by molar-refractivity contribution is 7.99. The number of thioether (sulfide) groups is 1. The maximum Gasteiger partial charge on any atom is 0.186 e. The van der Waals surface area contributed by atoms with Crippen LogP contribution in [-0.4, -0.2) is 35.9 Å². The SMILES string of the molecule is CSC1CCN(c2nc(C(C)C)c(C=O)s2)CC1. The maximum atomic E-state index is 11.1. The summed E-state index contributed by atoms with van der Waals surface area (Å²) in [6, 6.07) is 0. The Kier molecular flexibility index (Phi) is 4.67. The van der Waals surface area contributed by atoms with Gasteiger partial charge >= 0.3 is 0 Å². The molecule has 0 aromatic carbocycles. The topological polar surface area (TPSA) is 33.2 Å². The molecule has 1 aliphatic heterocycles. The minimum Gasteiger partial charge on any atom is -0.348 e. The zero-order valence-corrected chi connectivity index (χ0v) is 12.8. The lowest BCUT2D eigenvalue weighted by atomic mass is 10.1. The fourth-order valence-corrected chi connectivity index (χ4v) is 4.02. The van der Waals surface area contributed by atoms with Crippen LogP contribution in [0.5, 0.6) is 0 Å². The van der Waals surface area contributed by atoms with E-state index < -0.39 is 0 Å². The van der Waals surface area contributed by atoms with Gasteiger partial charge in [-0.15, -0.1) is 0 Å². The van der Waals surface area contributed by atoms with Crippen LogP contribution in [0.15, 0.2) is 0 Å². The first kappa shape index (κ1) is 13.9. The van der Waals surface area contributed by atoms with Crippen molar-refractivity contribution in [1.29, 1.82) is 0 Å². The van der Waals surface area contributed by atoms with Gasteiger partial charge in [0, 0.05) is 18.3 Å². The van der Waals surface area contributed by atoms with Gasteiger partial charge < -0.3 is 4.90 Å². The van der Waals surface area contributed by atoms with Gasteiger partial charge in [0.05, 0.1) is 10.6 Å². The molecule has 100 valence electrons. The zero-order valence-electron chi connectivity index (χ0n) is 11.2. The van der Waals surface area contributed by atoms with Gasteiger partial charge in [0.25, 0.3) is 0 Å². The first-order valence-electron chi connectivity index (χ1n) is 6.39. The van der Waals surface area contributed by atoms with E-state index >= 15 is 0 Å². The van der Waals surface area contributed by atoms with Gasteiger partial charge in [-0.25, -0.2) is 4.98 Å². The van der Waals surface area contributed by atoms with Gasteiger partial charge in [0.15, 0.2) is 11.4 Å². The Labute approximate surface area is 117 Å². The van der Waals surface area contributed by atoms with E-state index in [0.29, 0.717) is 5.92 Å². The second-order valence-electron chi connectivity index (χ2n) is 4.94. The Morgan fingerprint density at radius 2 is 2.11 bits per heavy atom. The van der Waals surface area contributed by atoms with Crippen molar-refractivity contribution in [3.05, 3.63) is 10.6 Å². The number of hydrogen-bond donors (Lipinski definition) is 0. The molecule has 0 aliphatic carbocycles. The Morgan fingerprint density at radius 3 is 2.56 bits per heavy atom. The van der Waals surface area contributed by atoms with Gasteiger partial charge in [-0.3, -0.25) is 4.79 Å². The summed E-state index contributed by atoms with van der Waals surface area (Å²) in [5.41, 5.74) is 0.956. The third-order valence-electron chi connectivity index (χ3n) is 3.37. The summed E-state index contributed by atoms with van der Waals surface area (Å²) in [6.07, 6.45) is 5.57. The molecular formula is C13H20N2OS2. The molecule has 1 aromatic heterocycles. The quantitative estimate of drug-likeness (QED) is 0.793. The predicted octanol–water partition coefficient (Wildman–Crippen LogP) is 3.41. The highest BCUT2D eigenvalue weighted by Gasteiger charge is 2.22. The smallest absolute Gasteiger partial charge is 0.186 e. The van der Waals surface area contributed by atoms with E-state index in [-0.39, 0.29) is 0 Å². The number of hydrogen-bond acceptors (Lipinski definition) is 5. The third kappa shape index (κ3) is 2.88. The Balaban J connectivity index is 2.12. The summed E-state index contributed by atoms with van der Waals surface area (Å²) in [4.78, 5) is 18.9. The molecule has 5 heteroatoms. The normalized spacial score (nSPS) is 17.4. The molecule has 0 bridgehead atoms. The summed E-state index contributed by atoms with van der Waals surface area (Å²) >= 11 is 3.50. The van der Waals surface area contributed by atoms with Crippen molar-refractivity contribution >= 4 is 34.5 Å². The van der Waals surface area contributed by atoms with Crippen LogP contribution < -0.4 is 4.90 Å². The molecule has 1 aromatic rings. The van der Waals surface area contributed by atoms with Gasteiger partial charge in [-0.2, -0.15) is 11.8 Å². The second kappa shape index (κ2) is 6.06. The number of thiazole rings is 1. The van der Waals surface area contributed by atoms with Gasteiger partial charge in [0.2, 0.25) is 0 Å². The molecule has 2 rings (SSSR count). The van der Waals surface area contributed by atoms with E-state index in [0.717, 1.165) is 40.3 Å². The number of carbonyl (C=O) groups excluding carboxylic acids is 1. The summed E-state index contributed by atoms with van der Waals surface area (Å²) in [5.74, 6) is 0.318. The molecule has 0 saturated carbocycles. The molecular weight excluding hydrogens is 264 g/mol. The lowest BCUT2D eigenvalue weighted by Gasteiger charge is -2.30. The molecule has 0 unspecified atom stereocenters. The van der Waals surface area contributed by atoms with Gasteiger partial charge in [-0.1, -0.05) is 25.2 Å². The van der Waals surface area contributed by atoms with E-state index in [1.807, 2.05) is 11.8 Å². The van der Waals surface area contributed by atoms with Crippen LogP contribution in [-0.2, 0) is 0 Å². The zero-order chi connectivity index (χ0) is 13.1. The molecule has 2 heterocycles. The summed E-state index contributed by atoms with van der Waals surface area (Å²) in [6.45, 7) is 6.31. The number of anilines is 1. The van der Waals surface area contributed by atoms with E-state index in [9.17, 15) is 4.79 Å². The van der Waals surface area contributed by atoms with Crippen molar-refractivity contribution in [2.75, 3.05) is 24.2 Å². The van der Waals surface area contributed by atoms with Crippen LogP contribution in [0.25, 0.3) is 0 Å². The van der Waals surface area contributed by atoms with E-state index in [4.69, 9.17) is 0 Å². The summed E-state index contributed by atoms with van der Waals surface area (Å²) < 4.78 is 0. The van der Waals surface area contributed by atoms with Crippen LogP contribution in [0.4, 0.5) is 5.13 Å².